The van der Waals surface area contributed by atoms with Crippen LogP contribution in [-0.4, -0.2) is 35.3 Å². The van der Waals surface area contributed by atoms with Crippen LogP contribution in [0, 0.1) is 6.92 Å². The topological polar surface area (TPSA) is 84.6 Å². The van der Waals surface area contributed by atoms with E-state index >= 15 is 0 Å². The van der Waals surface area contributed by atoms with Crippen molar-refractivity contribution in [3.8, 4) is 5.75 Å². The van der Waals surface area contributed by atoms with Crippen molar-refractivity contribution < 1.29 is 9.26 Å². The lowest BCUT2D eigenvalue weighted by Crippen LogP contribution is -2.32. The Morgan fingerprint density at radius 1 is 1.21 bits per heavy atom. The molecule has 0 radical (unpaired) electrons. The fourth-order valence-electron chi connectivity index (χ4n) is 2.63. The standard InChI is InChI=1S/C21H27N5O2S/c1-15(2)27-18-8-6-17(7-9-18)25-21(22-12-10-19-5-4-14-29-19)23-13-11-20-24-16(3)26-28-20/h4-9,14-15H,10-13H2,1-3H3,(H2,22,23,25). The summed E-state index contributed by atoms with van der Waals surface area (Å²) < 4.78 is 10.9. The van der Waals surface area contributed by atoms with Gasteiger partial charge in [0.15, 0.2) is 11.8 Å². The fraction of sp³-hybridized carbons (Fsp3) is 0.381. The molecule has 0 spiro atoms. The number of thiophene rings is 1. The second-order valence-corrected chi connectivity index (χ2v) is 7.82. The zero-order chi connectivity index (χ0) is 20.5. The zero-order valence-electron chi connectivity index (χ0n) is 17.0. The molecule has 0 aliphatic rings. The van der Waals surface area contributed by atoms with E-state index in [4.69, 9.17) is 14.3 Å². The number of hydrogen-bond acceptors (Lipinski definition) is 6. The highest BCUT2D eigenvalue weighted by molar-refractivity contribution is 7.09. The van der Waals surface area contributed by atoms with Crippen molar-refractivity contribution >= 4 is 23.0 Å². The molecule has 2 heterocycles. The van der Waals surface area contributed by atoms with Crippen LogP contribution in [0.2, 0.25) is 0 Å². The van der Waals surface area contributed by atoms with Gasteiger partial charge in [0, 0.05) is 36.5 Å². The van der Waals surface area contributed by atoms with E-state index in [-0.39, 0.29) is 6.10 Å². The number of anilines is 1. The highest BCUT2D eigenvalue weighted by Crippen LogP contribution is 2.17. The lowest BCUT2D eigenvalue weighted by Gasteiger charge is -2.14. The number of nitrogens with one attached hydrogen (secondary N) is 2. The molecule has 1 aromatic carbocycles. The Bertz CT molecular complexity index is 888. The lowest BCUT2D eigenvalue weighted by atomic mass is 10.3. The molecule has 29 heavy (non-hydrogen) atoms. The smallest absolute Gasteiger partial charge is 0.228 e. The summed E-state index contributed by atoms with van der Waals surface area (Å²) in [5.74, 6) is 2.83. The van der Waals surface area contributed by atoms with E-state index in [2.05, 4.69) is 38.3 Å². The van der Waals surface area contributed by atoms with Crippen LogP contribution in [0.25, 0.3) is 0 Å². The molecule has 0 bridgehead atoms. The molecule has 2 N–H and O–H groups in total. The Morgan fingerprint density at radius 2 is 2.03 bits per heavy atom. The molecule has 2 aromatic heterocycles. The Kier molecular flexibility index (Phi) is 7.63. The van der Waals surface area contributed by atoms with Crippen LogP contribution in [0.15, 0.2) is 51.3 Å². The lowest BCUT2D eigenvalue weighted by molar-refractivity contribution is 0.242. The van der Waals surface area contributed by atoms with E-state index < -0.39 is 0 Å². The molecular weight excluding hydrogens is 386 g/mol. The van der Waals surface area contributed by atoms with Gasteiger partial charge in [-0.3, -0.25) is 4.99 Å². The van der Waals surface area contributed by atoms with Crippen molar-refractivity contribution in [1.82, 2.24) is 15.5 Å². The zero-order valence-corrected chi connectivity index (χ0v) is 17.8. The number of benzene rings is 1. The number of aromatic nitrogens is 2. The number of guanidine groups is 1. The summed E-state index contributed by atoms with van der Waals surface area (Å²) in [6.07, 6.45) is 1.69. The van der Waals surface area contributed by atoms with Gasteiger partial charge in [-0.2, -0.15) is 4.98 Å². The Balaban J connectivity index is 1.59. The molecule has 0 fully saturated rings. The van der Waals surface area contributed by atoms with Crippen molar-refractivity contribution in [2.24, 2.45) is 4.99 Å². The predicted octanol–water partition coefficient (Wildman–Crippen LogP) is 4.07. The van der Waals surface area contributed by atoms with Gasteiger partial charge in [0.25, 0.3) is 0 Å². The summed E-state index contributed by atoms with van der Waals surface area (Å²) in [4.78, 5) is 10.3. The minimum Gasteiger partial charge on any atom is -0.491 e. The van der Waals surface area contributed by atoms with Gasteiger partial charge in [0.05, 0.1) is 6.10 Å². The van der Waals surface area contributed by atoms with Crippen LogP contribution in [0.5, 0.6) is 5.75 Å². The summed E-state index contributed by atoms with van der Waals surface area (Å²) in [6.45, 7) is 7.18. The first kappa shape index (κ1) is 20.9. The molecule has 154 valence electrons. The quantitative estimate of drug-likeness (QED) is 0.406. The van der Waals surface area contributed by atoms with Crippen LogP contribution < -0.4 is 15.4 Å². The van der Waals surface area contributed by atoms with Gasteiger partial charge < -0.3 is 19.9 Å². The van der Waals surface area contributed by atoms with Crippen LogP contribution >= 0.6 is 11.3 Å². The van der Waals surface area contributed by atoms with Gasteiger partial charge in [0.1, 0.15) is 5.75 Å². The Labute approximate surface area is 175 Å². The van der Waals surface area contributed by atoms with E-state index in [0.717, 1.165) is 23.8 Å². The minimum absolute atomic E-state index is 0.151. The maximum atomic E-state index is 5.70. The number of ether oxygens (including phenoxy) is 1. The number of hydrogen-bond donors (Lipinski definition) is 2. The summed E-state index contributed by atoms with van der Waals surface area (Å²) in [7, 11) is 0. The maximum Gasteiger partial charge on any atom is 0.228 e. The van der Waals surface area contributed by atoms with E-state index in [0.29, 0.717) is 31.2 Å². The second kappa shape index (κ2) is 10.6. The summed E-state index contributed by atoms with van der Waals surface area (Å²) in [5.41, 5.74) is 0.942. The largest absolute Gasteiger partial charge is 0.491 e. The molecule has 0 saturated heterocycles. The molecule has 8 heteroatoms. The van der Waals surface area contributed by atoms with Gasteiger partial charge in [-0.05, 0) is 56.5 Å². The SMILES string of the molecule is Cc1noc(CCNC(=NCCc2cccs2)Nc2ccc(OC(C)C)cc2)n1. The molecule has 3 rings (SSSR count). The third-order valence-corrected chi connectivity index (χ3v) is 4.83. The molecule has 0 amide bonds. The first-order valence-corrected chi connectivity index (χ1v) is 10.6. The Morgan fingerprint density at radius 3 is 2.69 bits per heavy atom. The molecule has 0 aliphatic carbocycles. The molecule has 0 saturated carbocycles. The van der Waals surface area contributed by atoms with Crippen molar-refractivity contribution in [1.29, 1.82) is 0 Å². The molecule has 3 aromatic rings. The van der Waals surface area contributed by atoms with Gasteiger partial charge in [-0.1, -0.05) is 11.2 Å². The van der Waals surface area contributed by atoms with Crippen molar-refractivity contribution in [3.63, 3.8) is 0 Å². The molecule has 7 nitrogen and oxygen atoms in total. The normalized spacial score (nSPS) is 11.7. The summed E-state index contributed by atoms with van der Waals surface area (Å²) >= 11 is 1.75. The highest BCUT2D eigenvalue weighted by Gasteiger charge is 2.05. The molecule has 0 atom stereocenters. The summed E-state index contributed by atoms with van der Waals surface area (Å²) in [5, 5.41) is 12.6. The van der Waals surface area contributed by atoms with Crippen molar-refractivity contribution in [2.75, 3.05) is 18.4 Å². The van der Waals surface area contributed by atoms with E-state index in [1.807, 2.05) is 45.0 Å². The average molecular weight is 414 g/mol. The van der Waals surface area contributed by atoms with E-state index in [9.17, 15) is 0 Å². The van der Waals surface area contributed by atoms with E-state index in [1.54, 1.807) is 11.3 Å². The average Bonchev–Trinajstić information content (AvgIpc) is 3.34. The number of rotatable bonds is 9. The molecule has 0 unspecified atom stereocenters. The van der Waals surface area contributed by atoms with Crippen molar-refractivity contribution in [2.45, 2.75) is 39.7 Å². The monoisotopic (exact) mass is 413 g/mol. The first-order chi connectivity index (χ1) is 14.1. The third-order valence-electron chi connectivity index (χ3n) is 3.90. The number of aliphatic imine (C=N–C) groups is 1. The van der Waals surface area contributed by atoms with Crippen molar-refractivity contribution in [3.05, 3.63) is 58.4 Å². The first-order valence-electron chi connectivity index (χ1n) is 9.72. The van der Waals surface area contributed by atoms with Crippen LogP contribution in [0.3, 0.4) is 0 Å². The predicted molar refractivity (Wildman–Crippen MR) is 117 cm³/mol. The number of nitrogens with zero attached hydrogens (tertiary/aromatic N) is 3. The van der Waals surface area contributed by atoms with Gasteiger partial charge >= 0.3 is 0 Å². The van der Waals surface area contributed by atoms with Gasteiger partial charge in [0.2, 0.25) is 5.89 Å². The summed E-state index contributed by atoms with van der Waals surface area (Å²) in [6, 6.07) is 12.1. The molecule has 0 aliphatic heterocycles. The van der Waals surface area contributed by atoms with E-state index in [1.165, 1.54) is 4.88 Å². The molecular formula is C21H27N5O2S. The van der Waals surface area contributed by atoms with Gasteiger partial charge in [-0.15, -0.1) is 11.3 Å². The third kappa shape index (κ3) is 7.23. The van der Waals surface area contributed by atoms with Gasteiger partial charge in [-0.25, -0.2) is 0 Å². The fourth-order valence-corrected chi connectivity index (χ4v) is 3.33. The second-order valence-electron chi connectivity index (χ2n) is 6.79. The van der Waals surface area contributed by atoms with Crippen LogP contribution in [-0.2, 0) is 12.8 Å². The van der Waals surface area contributed by atoms with Crippen LogP contribution in [0.1, 0.15) is 30.4 Å². The number of aryl methyl sites for hydroxylation is 1. The highest BCUT2D eigenvalue weighted by atomic mass is 32.1. The Hall–Kier alpha value is -2.87. The van der Waals surface area contributed by atoms with Crippen LogP contribution in [0.4, 0.5) is 5.69 Å². The minimum atomic E-state index is 0.151. The maximum absolute atomic E-state index is 5.70.